The van der Waals surface area contributed by atoms with Gasteiger partial charge in [0, 0.05) is 11.3 Å². The molecular formula is C27H22F6N2O2. The van der Waals surface area contributed by atoms with Crippen LogP contribution in [-0.2, 0) is 5.60 Å². The zero-order chi connectivity index (χ0) is 27.0. The fourth-order valence-electron chi connectivity index (χ4n) is 3.81. The maximum absolute atomic E-state index is 13.1. The molecule has 10 heteroatoms. The van der Waals surface area contributed by atoms with Crippen LogP contribution in [0.2, 0.25) is 0 Å². The van der Waals surface area contributed by atoms with E-state index in [9.17, 15) is 31.4 Å². The van der Waals surface area contributed by atoms with Crippen LogP contribution >= 0.6 is 0 Å². The lowest BCUT2D eigenvalue weighted by Crippen LogP contribution is -2.53. The number of fused-ring (bicyclic) bond motifs is 1. The van der Waals surface area contributed by atoms with Crippen LogP contribution in [0.3, 0.4) is 0 Å². The number of benzene rings is 3. The average molecular weight is 520 g/mol. The van der Waals surface area contributed by atoms with Crippen molar-refractivity contribution in [1.29, 1.82) is 0 Å². The van der Waals surface area contributed by atoms with Crippen LogP contribution in [0.15, 0.2) is 73.1 Å². The van der Waals surface area contributed by atoms with E-state index in [1.54, 1.807) is 18.5 Å². The van der Waals surface area contributed by atoms with Crippen molar-refractivity contribution in [2.75, 3.05) is 0 Å². The van der Waals surface area contributed by atoms with Gasteiger partial charge in [-0.15, -0.1) is 0 Å². The third-order valence-corrected chi connectivity index (χ3v) is 5.68. The zero-order valence-corrected chi connectivity index (χ0v) is 19.7. The molecule has 0 fully saturated rings. The Bertz CT molecular complexity index is 1390. The first-order valence-electron chi connectivity index (χ1n) is 11.2. The number of nitrogens with zero attached hydrogens (tertiary/aromatic N) is 2. The summed E-state index contributed by atoms with van der Waals surface area (Å²) in [4.78, 5) is 4.42. The molecule has 0 bridgehead atoms. The Labute approximate surface area is 208 Å². The fraction of sp³-hybridized carbons (Fsp3) is 0.222. The Hall–Kier alpha value is -3.79. The van der Waals surface area contributed by atoms with Crippen LogP contribution in [0.25, 0.3) is 28.9 Å². The van der Waals surface area contributed by atoms with E-state index in [4.69, 9.17) is 4.74 Å². The Balaban J connectivity index is 1.54. The van der Waals surface area contributed by atoms with Gasteiger partial charge in [-0.2, -0.15) is 26.3 Å². The zero-order valence-electron chi connectivity index (χ0n) is 19.7. The van der Waals surface area contributed by atoms with Gasteiger partial charge in [-0.3, -0.25) is 4.57 Å². The first-order chi connectivity index (χ1) is 17.3. The number of rotatable bonds is 6. The first kappa shape index (κ1) is 26.3. The van der Waals surface area contributed by atoms with Crippen LogP contribution in [0.4, 0.5) is 26.3 Å². The van der Waals surface area contributed by atoms with Crippen LogP contribution in [-0.4, -0.2) is 33.1 Å². The second-order valence-electron chi connectivity index (χ2n) is 8.68. The summed E-state index contributed by atoms with van der Waals surface area (Å²) < 4.78 is 85.9. The highest BCUT2D eigenvalue weighted by atomic mass is 19.4. The molecule has 0 unspecified atom stereocenters. The predicted molar refractivity (Wildman–Crippen MR) is 128 cm³/mol. The lowest BCUT2D eigenvalue weighted by molar-refractivity contribution is -0.376. The lowest BCUT2D eigenvalue weighted by atomic mass is 9.91. The maximum atomic E-state index is 13.1. The van der Waals surface area contributed by atoms with Gasteiger partial charge in [0.25, 0.3) is 5.60 Å². The summed E-state index contributed by atoms with van der Waals surface area (Å²) in [5.74, 6) is 0.755. The Morgan fingerprint density at radius 2 is 1.38 bits per heavy atom. The van der Waals surface area contributed by atoms with Gasteiger partial charge in [0.2, 0.25) is 0 Å². The van der Waals surface area contributed by atoms with Crippen molar-refractivity contribution in [1.82, 2.24) is 9.55 Å². The molecule has 0 radical (unpaired) electrons. The minimum Gasteiger partial charge on any atom is -0.491 e. The van der Waals surface area contributed by atoms with E-state index in [2.05, 4.69) is 4.98 Å². The van der Waals surface area contributed by atoms with Gasteiger partial charge in [-0.05, 0) is 61.4 Å². The van der Waals surface area contributed by atoms with Crippen molar-refractivity contribution < 1.29 is 36.2 Å². The molecule has 4 rings (SSSR count). The van der Waals surface area contributed by atoms with E-state index >= 15 is 0 Å². The van der Waals surface area contributed by atoms with E-state index in [0.717, 1.165) is 34.6 Å². The largest absolute Gasteiger partial charge is 0.491 e. The van der Waals surface area contributed by atoms with E-state index < -0.39 is 23.5 Å². The fourth-order valence-corrected chi connectivity index (χ4v) is 3.81. The monoisotopic (exact) mass is 520 g/mol. The van der Waals surface area contributed by atoms with E-state index in [0.29, 0.717) is 23.2 Å². The summed E-state index contributed by atoms with van der Waals surface area (Å²) in [5.41, 5.74) is -2.75. The summed E-state index contributed by atoms with van der Waals surface area (Å²) in [6.07, 6.45) is -6.91. The second-order valence-corrected chi connectivity index (χ2v) is 8.68. The number of aliphatic hydroxyl groups is 1. The lowest BCUT2D eigenvalue weighted by Gasteiger charge is -2.32. The standard InChI is InChI=1S/C27H22F6N2O2/c1-17(2)37-22-12-10-21(11-13-22)35-16-34-23-15-19(7-14-24(23)35)4-3-18-5-8-20(9-6-18)25(36,26(28,29)30)27(31,32)33/h3-17,36H,1-2H3. The van der Waals surface area contributed by atoms with Gasteiger partial charge in [0.05, 0.1) is 17.1 Å². The van der Waals surface area contributed by atoms with E-state index in [-0.39, 0.29) is 6.10 Å². The molecule has 0 saturated heterocycles. The summed E-state index contributed by atoms with van der Waals surface area (Å²) in [7, 11) is 0. The van der Waals surface area contributed by atoms with Gasteiger partial charge in [-0.25, -0.2) is 4.98 Å². The van der Waals surface area contributed by atoms with Crippen LogP contribution in [0, 0.1) is 0 Å². The van der Waals surface area contributed by atoms with Crippen LogP contribution in [0.5, 0.6) is 5.75 Å². The molecule has 0 aliphatic carbocycles. The molecule has 1 heterocycles. The number of hydrogen-bond donors (Lipinski definition) is 1. The average Bonchev–Trinajstić information content (AvgIpc) is 3.24. The Morgan fingerprint density at radius 3 is 1.95 bits per heavy atom. The molecular weight excluding hydrogens is 498 g/mol. The molecule has 0 aliphatic rings. The first-order valence-corrected chi connectivity index (χ1v) is 11.2. The number of aromatic nitrogens is 2. The van der Waals surface area contributed by atoms with Crippen molar-refractivity contribution in [3.63, 3.8) is 0 Å². The smallest absolute Gasteiger partial charge is 0.430 e. The summed E-state index contributed by atoms with van der Waals surface area (Å²) in [6.45, 7) is 3.89. The normalized spacial score (nSPS) is 13.1. The number of imidazole rings is 1. The minimum atomic E-state index is -5.93. The van der Waals surface area contributed by atoms with Crippen molar-refractivity contribution in [2.24, 2.45) is 0 Å². The maximum Gasteiger partial charge on any atom is 0.430 e. The van der Waals surface area contributed by atoms with E-state index in [1.165, 1.54) is 6.08 Å². The molecule has 4 nitrogen and oxygen atoms in total. The topological polar surface area (TPSA) is 47.3 Å². The molecule has 3 aromatic carbocycles. The Morgan fingerprint density at radius 1 is 0.811 bits per heavy atom. The summed E-state index contributed by atoms with van der Waals surface area (Å²) in [6, 6.07) is 16.4. The summed E-state index contributed by atoms with van der Waals surface area (Å²) in [5, 5.41) is 9.50. The molecule has 0 spiro atoms. The van der Waals surface area contributed by atoms with Crippen molar-refractivity contribution >= 4 is 23.2 Å². The predicted octanol–water partition coefficient (Wildman–Crippen LogP) is 7.30. The minimum absolute atomic E-state index is 0.0624. The van der Waals surface area contributed by atoms with Crippen molar-refractivity contribution in [3.8, 4) is 11.4 Å². The number of halogens is 6. The number of hydrogen-bond acceptors (Lipinski definition) is 3. The third kappa shape index (κ3) is 5.20. The molecule has 37 heavy (non-hydrogen) atoms. The van der Waals surface area contributed by atoms with Gasteiger partial charge in [0.1, 0.15) is 12.1 Å². The SMILES string of the molecule is CC(C)Oc1ccc(-n2cnc3cc(C=Cc4ccc(C(O)(C(F)(F)F)C(F)(F)F)cc4)ccc32)cc1. The van der Waals surface area contributed by atoms with Crippen molar-refractivity contribution in [3.05, 3.63) is 89.7 Å². The molecule has 1 aromatic heterocycles. The molecule has 1 N–H and O–H groups in total. The third-order valence-electron chi connectivity index (χ3n) is 5.68. The molecule has 0 amide bonds. The quantitative estimate of drug-likeness (QED) is 0.215. The van der Waals surface area contributed by atoms with Gasteiger partial charge in [-0.1, -0.05) is 42.5 Å². The second kappa shape index (κ2) is 9.59. The molecule has 0 atom stereocenters. The molecule has 4 aromatic rings. The van der Waals surface area contributed by atoms with Crippen molar-refractivity contribution in [2.45, 2.75) is 37.9 Å². The number of ether oxygens (including phenoxy) is 1. The van der Waals surface area contributed by atoms with Gasteiger partial charge >= 0.3 is 12.4 Å². The highest BCUT2D eigenvalue weighted by Gasteiger charge is 2.71. The Kier molecular flexibility index (Phi) is 6.81. The highest BCUT2D eigenvalue weighted by molar-refractivity contribution is 5.82. The van der Waals surface area contributed by atoms with Crippen LogP contribution < -0.4 is 4.74 Å². The molecule has 0 aliphatic heterocycles. The van der Waals surface area contributed by atoms with E-state index in [1.807, 2.05) is 54.8 Å². The molecule has 194 valence electrons. The van der Waals surface area contributed by atoms with Gasteiger partial charge < -0.3 is 9.84 Å². The number of alkyl halides is 6. The van der Waals surface area contributed by atoms with Gasteiger partial charge in [0.15, 0.2) is 0 Å². The highest BCUT2D eigenvalue weighted by Crippen LogP contribution is 2.50. The van der Waals surface area contributed by atoms with Crippen LogP contribution in [0.1, 0.15) is 30.5 Å². The molecule has 0 saturated carbocycles. The summed E-state index contributed by atoms with van der Waals surface area (Å²) >= 11 is 0.